The number of hydrogen-bond acceptors (Lipinski definition) is 2. The standard InChI is InChI=1S/C10H13Cl2FN2/c11-6-8-14(9-7-12)15(13)10-4-2-1-3-5-10/h1-5H,6-9H2. The van der Waals surface area contributed by atoms with Gasteiger partial charge in [-0.15, -0.1) is 28.4 Å². The molecule has 0 atom stereocenters. The Balaban J connectivity index is 2.67. The van der Waals surface area contributed by atoms with Crippen LogP contribution in [-0.2, 0) is 0 Å². The number of alkyl halides is 2. The van der Waals surface area contributed by atoms with Crippen molar-refractivity contribution in [1.29, 1.82) is 0 Å². The van der Waals surface area contributed by atoms with Crippen LogP contribution in [0.5, 0.6) is 0 Å². The first-order valence-corrected chi connectivity index (χ1v) is 5.74. The molecule has 1 aromatic carbocycles. The number of hydrogen-bond donors (Lipinski definition) is 0. The van der Waals surface area contributed by atoms with Crippen LogP contribution < -0.4 is 5.23 Å². The molecule has 0 aliphatic heterocycles. The number of anilines is 1. The molecule has 1 aromatic rings. The molecule has 0 aliphatic carbocycles. The van der Waals surface area contributed by atoms with E-state index in [1.54, 1.807) is 24.3 Å². The third-order valence-corrected chi connectivity index (χ3v) is 2.24. The Morgan fingerprint density at radius 2 is 1.53 bits per heavy atom. The summed E-state index contributed by atoms with van der Waals surface area (Å²) >= 11 is 11.2. The van der Waals surface area contributed by atoms with Gasteiger partial charge in [0.05, 0.1) is 5.69 Å². The van der Waals surface area contributed by atoms with E-state index in [0.717, 1.165) is 0 Å². The summed E-state index contributed by atoms with van der Waals surface area (Å²) in [4.78, 5) is 0. The van der Waals surface area contributed by atoms with Crippen molar-refractivity contribution in [2.24, 2.45) is 0 Å². The molecule has 0 radical (unpaired) electrons. The zero-order chi connectivity index (χ0) is 11.1. The molecule has 2 nitrogen and oxygen atoms in total. The summed E-state index contributed by atoms with van der Waals surface area (Å²) in [6, 6.07) is 8.78. The number of nitrogens with zero attached hydrogens (tertiary/aromatic N) is 2. The summed E-state index contributed by atoms with van der Waals surface area (Å²) in [5.41, 5.74) is 0.479. The van der Waals surface area contributed by atoms with Crippen LogP contribution >= 0.6 is 23.2 Å². The summed E-state index contributed by atoms with van der Waals surface area (Å²) in [7, 11) is 0. The fourth-order valence-electron chi connectivity index (χ4n) is 1.20. The van der Waals surface area contributed by atoms with Crippen LogP contribution in [0.1, 0.15) is 0 Å². The highest BCUT2D eigenvalue weighted by Crippen LogP contribution is 2.16. The van der Waals surface area contributed by atoms with Gasteiger partial charge in [-0.2, -0.15) is 5.01 Å². The van der Waals surface area contributed by atoms with Crippen molar-refractivity contribution >= 4 is 28.9 Å². The Hall–Kier alpha value is -0.510. The lowest BCUT2D eigenvalue weighted by Crippen LogP contribution is -2.39. The SMILES string of the molecule is FN(c1ccccc1)N(CCCl)CCCl. The highest BCUT2D eigenvalue weighted by molar-refractivity contribution is 6.18. The molecule has 0 bridgehead atoms. The van der Waals surface area contributed by atoms with Crippen molar-refractivity contribution in [2.75, 3.05) is 30.1 Å². The predicted octanol–water partition coefficient (Wildman–Crippen LogP) is 3.07. The lowest BCUT2D eigenvalue weighted by atomic mass is 10.3. The molecule has 0 saturated heterocycles. The molecule has 0 spiro atoms. The second kappa shape index (κ2) is 6.88. The van der Waals surface area contributed by atoms with Gasteiger partial charge in [0.1, 0.15) is 0 Å². The molecule has 0 N–H and O–H groups in total. The van der Waals surface area contributed by atoms with E-state index in [1.807, 2.05) is 6.07 Å². The monoisotopic (exact) mass is 250 g/mol. The average molecular weight is 251 g/mol. The first-order chi connectivity index (χ1) is 7.29. The molecule has 0 unspecified atom stereocenters. The first-order valence-electron chi connectivity index (χ1n) is 4.67. The maximum Gasteiger partial charge on any atom is 0.0877 e. The van der Waals surface area contributed by atoms with E-state index < -0.39 is 0 Å². The summed E-state index contributed by atoms with van der Waals surface area (Å²) in [6.07, 6.45) is 0. The van der Waals surface area contributed by atoms with Crippen LogP contribution in [0.15, 0.2) is 30.3 Å². The maximum absolute atomic E-state index is 13.8. The van der Waals surface area contributed by atoms with Gasteiger partial charge >= 0.3 is 0 Å². The van der Waals surface area contributed by atoms with Gasteiger partial charge in [-0.25, -0.2) is 0 Å². The largest absolute Gasteiger partial charge is 0.190 e. The van der Waals surface area contributed by atoms with Crippen molar-refractivity contribution < 1.29 is 4.48 Å². The molecular weight excluding hydrogens is 238 g/mol. The lowest BCUT2D eigenvalue weighted by molar-refractivity contribution is 0.161. The number of hydrazine groups is 1. The topological polar surface area (TPSA) is 6.48 Å². The molecule has 0 aliphatic rings. The van der Waals surface area contributed by atoms with Gasteiger partial charge in [-0.1, -0.05) is 22.7 Å². The van der Waals surface area contributed by atoms with E-state index in [2.05, 4.69) is 0 Å². The van der Waals surface area contributed by atoms with Crippen LogP contribution in [0.3, 0.4) is 0 Å². The number of para-hydroxylation sites is 1. The fourth-order valence-corrected chi connectivity index (χ4v) is 1.59. The molecule has 0 saturated carbocycles. The van der Waals surface area contributed by atoms with Crippen molar-refractivity contribution in [3.63, 3.8) is 0 Å². The molecule has 84 valence electrons. The minimum absolute atomic E-state index is 0.365. The fraction of sp³-hybridized carbons (Fsp3) is 0.400. The van der Waals surface area contributed by atoms with Crippen LogP contribution in [0.25, 0.3) is 0 Å². The van der Waals surface area contributed by atoms with Crippen molar-refractivity contribution in [1.82, 2.24) is 5.01 Å². The van der Waals surface area contributed by atoms with Crippen molar-refractivity contribution in [3.8, 4) is 0 Å². The Labute approximate surface area is 99.1 Å². The number of halogens is 3. The van der Waals surface area contributed by atoms with Crippen LogP contribution in [-0.4, -0.2) is 29.9 Å². The summed E-state index contributed by atoms with van der Waals surface area (Å²) in [5.74, 6) is 0.730. The van der Waals surface area contributed by atoms with Gasteiger partial charge in [0.15, 0.2) is 0 Å². The third-order valence-electron chi connectivity index (χ3n) is 1.90. The second-order valence-corrected chi connectivity index (χ2v) is 3.68. The zero-order valence-electron chi connectivity index (χ0n) is 8.24. The third kappa shape index (κ3) is 3.86. The minimum atomic E-state index is 0.365. The van der Waals surface area contributed by atoms with E-state index >= 15 is 0 Å². The molecule has 0 amide bonds. The second-order valence-electron chi connectivity index (χ2n) is 2.93. The zero-order valence-corrected chi connectivity index (χ0v) is 9.76. The Morgan fingerprint density at radius 1 is 1.00 bits per heavy atom. The van der Waals surface area contributed by atoms with E-state index in [0.29, 0.717) is 35.8 Å². The molecule has 1 rings (SSSR count). The molecule has 0 aromatic heterocycles. The van der Waals surface area contributed by atoms with E-state index in [4.69, 9.17) is 23.2 Å². The van der Waals surface area contributed by atoms with Crippen molar-refractivity contribution in [3.05, 3.63) is 30.3 Å². The summed E-state index contributed by atoms with van der Waals surface area (Å²) < 4.78 is 13.8. The van der Waals surface area contributed by atoms with E-state index in [1.165, 1.54) is 5.01 Å². The maximum atomic E-state index is 13.8. The lowest BCUT2D eigenvalue weighted by Gasteiger charge is -2.27. The van der Waals surface area contributed by atoms with Gasteiger partial charge in [0.2, 0.25) is 0 Å². The smallest absolute Gasteiger partial charge is 0.0877 e. The molecule has 5 heteroatoms. The van der Waals surface area contributed by atoms with Gasteiger partial charge in [-0.3, -0.25) is 0 Å². The highest BCUT2D eigenvalue weighted by atomic mass is 35.5. The van der Waals surface area contributed by atoms with Crippen LogP contribution in [0, 0.1) is 0 Å². The molecule has 0 fully saturated rings. The van der Waals surface area contributed by atoms with Gasteiger partial charge < -0.3 is 0 Å². The van der Waals surface area contributed by atoms with Gasteiger partial charge in [0, 0.05) is 24.8 Å². The predicted molar refractivity (Wildman–Crippen MR) is 63.0 cm³/mol. The number of benzene rings is 1. The number of rotatable bonds is 6. The normalized spacial score (nSPS) is 10.7. The summed E-state index contributed by atoms with van der Waals surface area (Å²) in [6.45, 7) is 0.860. The van der Waals surface area contributed by atoms with E-state index in [-0.39, 0.29) is 0 Å². The van der Waals surface area contributed by atoms with Crippen LogP contribution in [0.2, 0.25) is 0 Å². The van der Waals surface area contributed by atoms with Gasteiger partial charge in [0.25, 0.3) is 0 Å². The average Bonchev–Trinajstić information content (AvgIpc) is 2.29. The van der Waals surface area contributed by atoms with Gasteiger partial charge in [-0.05, 0) is 12.1 Å². The Kier molecular flexibility index (Phi) is 5.76. The first kappa shape index (κ1) is 12.6. The molecular formula is C10H13Cl2FN2. The van der Waals surface area contributed by atoms with Crippen molar-refractivity contribution in [2.45, 2.75) is 0 Å². The van der Waals surface area contributed by atoms with Crippen LogP contribution in [0.4, 0.5) is 10.2 Å². The summed E-state index contributed by atoms with van der Waals surface area (Å²) in [5, 5.41) is 2.06. The van der Waals surface area contributed by atoms with E-state index in [9.17, 15) is 4.48 Å². The molecule has 15 heavy (non-hydrogen) atoms. The molecule has 0 heterocycles. The minimum Gasteiger partial charge on any atom is -0.190 e. The Bertz CT molecular complexity index is 265. The highest BCUT2D eigenvalue weighted by Gasteiger charge is 2.14. The Morgan fingerprint density at radius 3 is 2.00 bits per heavy atom. The quantitative estimate of drug-likeness (QED) is 0.435.